The Hall–Kier alpha value is -3.94. The Morgan fingerprint density at radius 1 is 0.854 bits per heavy atom. The van der Waals surface area contributed by atoms with Crippen LogP contribution in [0.25, 0.3) is 34.6 Å². The van der Waals surface area contributed by atoms with Gasteiger partial charge in [-0.15, -0.1) is 4.98 Å². The number of hydrogen-bond donors (Lipinski definition) is 0. The summed E-state index contributed by atoms with van der Waals surface area (Å²) in [6.45, 7) is 9.83. The van der Waals surface area contributed by atoms with E-state index < -0.39 is 0 Å². The molecule has 2 heterocycles. The van der Waals surface area contributed by atoms with Gasteiger partial charge in [-0.3, -0.25) is 0 Å². The Morgan fingerprint density at radius 3 is 2.22 bits per heavy atom. The van der Waals surface area contributed by atoms with Gasteiger partial charge in [-0.05, 0) is 61.8 Å². The molecule has 0 N–H and O–H groups in total. The summed E-state index contributed by atoms with van der Waals surface area (Å²) in [5.74, 6) is 3.05. The molecule has 8 heteroatoms. The lowest BCUT2D eigenvalue weighted by Crippen LogP contribution is -2.11. The first kappa shape index (κ1) is 28.6. The maximum absolute atomic E-state index is 6.34. The van der Waals surface area contributed by atoms with Crippen LogP contribution in [0.15, 0.2) is 40.8 Å². The summed E-state index contributed by atoms with van der Waals surface area (Å²) in [5.41, 5.74) is 4.75. The first-order chi connectivity index (χ1) is 20.1. The van der Waals surface area contributed by atoms with Gasteiger partial charge >= 0.3 is 12.0 Å². The third-order valence-corrected chi connectivity index (χ3v) is 7.53. The van der Waals surface area contributed by atoms with E-state index in [2.05, 4.69) is 34.9 Å². The van der Waals surface area contributed by atoms with Crippen LogP contribution >= 0.6 is 0 Å². The number of nitrogens with zero attached hydrogens (tertiary/aromatic N) is 4. The van der Waals surface area contributed by atoms with Gasteiger partial charge in [0.1, 0.15) is 11.3 Å². The van der Waals surface area contributed by atoms with Crippen molar-refractivity contribution < 1.29 is 18.6 Å². The number of rotatable bonds is 12. The minimum absolute atomic E-state index is 0.251. The van der Waals surface area contributed by atoms with Crippen LogP contribution in [-0.2, 0) is 0 Å². The highest BCUT2D eigenvalue weighted by molar-refractivity contribution is 5.79. The number of benzene rings is 2. The molecule has 0 bridgehead atoms. The van der Waals surface area contributed by atoms with Gasteiger partial charge in [-0.2, -0.15) is 9.97 Å². The first-order valence-electron chi connectivity index (χ1n) is 14.9. The molecule has 216 valence electrons. The zero-order valence-corrected chi connectivity index (χ0v) is 24.6. The Kier molecular flexibility index (Phi) is 9.49. The molecule has 1 fully saturated rings. The fourth-order valence-corrected chi connectivity index (χ4v) is 5.03. The van der Waals surface area contributed by atoms with Crippen LogP contribution in [0.2, 0.25) is 0 Å². The van der Waals surface area contributed by atoms with E-state index in [4.69, 9.17) is 23.6 Å². The summed E-state index contributed by atoms with van der Waals surface area (Å²) in [4.78, 5) is 17.8. The van der Waals surface area contributed by atoms with Gasteiger partial charge in [0.15, 0.2) is 11.4 Å². The quantitative estimate of drug-likeness (QED) is 0.173. The topological polar surface area (TPSA) is 92.4 Å². The second-order valence-electron chi connectivity index (χ2n) is 10.6. The van der Waals surface area contributed by atoms with Crippen LogP contribution in [0, 0.1) is 5.92 Å². The molecule has 0 radical (unpaired) electrons. The van der Waals surface area contributed by atoms with Crippen molar-refractivity contribution >= 4 is 23.3 Å². The second kappa shape index (κ2) is 13.6. The molecular weight excluding hydrogens is 516 g/mol. The monoisotopic (exact) mass is 556 g/mol. The number of hydrogen-bond acceptors (Lipinski definition) is 8. The Balaban J connectivity index is 1.36. The van der Waals surface area contributed by atoms with E-state index in [1.54, 1.807) is 0 Å². The predicted molar refractivity (Wildman–Crippen MR) is 161 cm³/mol. The molecule has 0 amide bonds. The lowest BCUT2D eigenvalue weighted by Gasteiger charge is -2.24. The zero-order chi connectivity index (χ0) is 28.6. The fraction of sp³-hybridized carbons (Fsp3) is 0.455. The summed E-state index contributed by atoms with van der Waals surface area (Å²) in [6, 6.07) is 12.7. The molecule has 41 heavy (non-hydrogen) atoms. The number of fused-ring (bicyclic) bond motifs is 1. The van der Waals surface area contributed by atoms with E-state index in [1.165, 1.54) is 37.7 Å². The van der Waals surface area contributed by atoms with Crippen molar-refractivity contribution in [3.8, 4) is 29.2 Å². The van der Waals surface area contributed by atoms with Gasteiger partial charge in [0.2, 0.25) is 5.89 Å². The molecule has 8 nitrogen and oxygen atoms in total. The molecule has 2 aromatic carbocycles. The van der Waals surface area contributed by atoms with E-state index in [0.717, 1.165) is 34.4 Å². The standard InChI is InChI=1S/C33H40N4O4/c1-5-22(4)21-40-28-20-29-27(19-26(28)24-11-9-8-10-12-24)34-30(41-29)18-15-23-13-16-25(17-14-23)31-35-32(38-6-2)37-33(36-31)39-7-3/h13-20,22,24H,5-12,21H2,1-4H3/b18-15+. The number of ether oxygens (including phenoxy) is 3. The molecular formula is C33H40N4O4. The van der Waals surface area contributed by atoms with Gasteiger partial charge in [-0.25, -0.2) is 4.98 Å². The minimum atomic E-state index is 0.251. The first-order valence-corrected chi connectivity index (χ1v) is 14.9. The molecule has 1 atom stereocenters. The molecule has 0 aliphatic heterocycles. The molecule has 0 spiro atoms. The summed E-state index contributed by atoms with van der Waals surface area (Å²) in [7, 11) is 0. The Labute approximate surface area is 242 Å². The molecule has 4 aromatic rings. The van der Waals surface area contributed by atoms with E-state index in [9.17, 15) is 0 Å². The predicted octanol–water partition coefficient (Wildman–Crippen LogP) is 8.12. The number of aromatic nitrogens is 4. The van der Waals surface area contributed by atoms with Crippen LogP contribution < -0.4 is 14.2 Å². The van der Waals surface area contributed by atoms with Gasteiger partial charge in [0.25, 0.3) is 0 Å². The average Bonchev–Trinajstić information content (AvgIpc) is 3.41. The van der Waals surface area contributed by atoms with Crippen LogP contribution in [0.3, 0.4) is 0 Å². The van der Waals surface area contributed by atoms with Gasteiger partial charge in [-0.1, -0.05) is 63.8 Å². The van der Waals surface area contributed by atoms with Crippen molar-refractivity contribution in [2.75, 3.05) is 19.8 Å². The van der Waals surface area contributed by atoms with Crippen molar-refractivity contribution in [2.24, 2.45) is 5.92 Å². The molecule has 5 rings (SSSR count). The average molecular weight is 557 g/mol. The zero-order valence-electron chi connectivity index (χ0n) is 24.6. The lowest BCUT2D eigenvalue weighted by molar-refractivity contribution is 0.251. The summed E-state index contributed by atoms with van der Waals surface area (Å²) >= 11 is 0. The highest BCUT2D eigenvalue weighted by atomic mass is 16.5. The van der Waals surface area contributed by atoms with Gasteiger partial charge in [0.05, 0.1) is 19.8 Å². The van der Waals surface area contributed by atoms with Crippen molar-refractivity contribution in [1.29, 1.82) is 0 Å². The minimum Gasteiger partial charge on any atom is -0.493 e. The third-order valence-electron chi connectivity index (χ3n) is 7.53. The summed E-state index contributed by atoms with van der Waals surface area (Å²) in [5, 5.41) is 0. The highest BCUT2D eigenvalue weighted by Gasteiger charge is 2.22. The smallest absolute Gasteiger partial charge is 0.323 e. The molecule has 1 saturated carbocycles. The van der Waals surface area contributed by atoms with Gasteiger partial charge < -0.3 is 18.6 Å². The lowest BCUT2D eigenvalue weighted by atomic mass is 9.83. The molecule has 1 aliphatic carbocycles. The normalized spacial score (nSPS) is 14.9. The van der Waals surface area contributed by atoms with Crippen molar-refractivity contribution in [3.63, 3.8) is 0 Å². The van der Waals surface area contributed by atoms with Gasteiger partial charge in [0, 0.05) is 17.7 Å². The van der Waals surface area contributed by atoms with Crippen LogP contribution in [0.4, 0.5) is 0 Å². The van der Waals surface area contributed by atoms with Crippen molar-refractivity contribution in [3.05, 3.63) is 53.4 Å². The molecule has 1 aliphatic rings. The Morgan fingerprint density at radius 2 is 1.56 bits per heavy atom. The van der Waals surface area contributed by atoms with Crippen molar-refractivity contribution in [1.82, 2.24) is 19.9 Å². The van der Waals surface area contributed by atoms with Crippen molar-refractivity contribution in [2.45, 2.75) is 72.1 Å². The summed E-state index contributed by atoms with van der Waals surface area (Å²) < 4.78 is 23.5. The van der Waals surface area contributed by atoms with Crippen LogP contribution in [0.5, 0.6) is 17.8 Å². The highest BCUT2D eigenvalue weighted by Crippen LogP contribution is 2.40. The SMILES string of the molecule is CCOc1nc(OCC)nc(-c2ccc(/C=C/c3nc4cc(C5CCCCC5)c(OCC(C)CC)cc4o3)cc2)n1. The fourth-order valence-electron chi connectivity index (χ4n) is 5.03. The molecule has 1 unspecified atom stereocenters. The van der Waals surface area contributed by atoms with Crippen LogP contribution in [-0.4, -0.2) is 39.8 Å². The largest absolute Gasteiger partial charge is 0.493 e. The maximum Gasteiger partial charge on any atom is 0.323 e. The maximum atomic E-state index is 6.34. The second-order valence-corrected chi connectivity index (χ2v) is 10.6. The van der Waals surface area contributed by atoms with E-state index in [0.29, 0.717) is 43.4 Å². The van der Waals surface area contributed by atoms with E-state index in [-0.39, 0.29) is 12.0 Å². The third kappa shape index (κ3) is 7.23. The molecule has 0 saturated heterocycles. The van der Waals surface area contributed by atoms with E-state index >= 15 is 0 Å². The Bertz CT molecular complexity index is 1430. The molecule has 2 aromatic heterocycles. The van der Waals surface area contributed by atoms with E-state index in [1.807, 2.05) is 56.3 Å². The van der Waals surface area contributed by atoms with Crippen LogP contribution in [0.1, 0.15) is 89.2 Å². The number of oxazole rings is 1. The summed E-state index contributed by atoms with van der Waals surface area (Å²) in [6.07, 6.45) is 11.3.